The summed E-state index contributed by atoms with van der Waals surface area (Å²) in [6.45, 7) is 0. The van der Waals surface area contributed by atoms with Crippen LogP contribution < -0.4 is 5.32 Å². The van der Waals surface area contributed by atoms with Gasteiger partial charge in [0.05, 0.1) is 10.6 Å². The minimum atomic E-state index is -1.10. The molecule has 0 amide bonds. The summed E-state index contributed by atoms with van der Waals surface area (Å²) in [7, 11) is 1.91. The quantitative estimate of drug-likeness (QED) is 0.809. The topological polar surface area (TPSA) is 32.3 Å². The Balaban J connectivity index is 2.29. The summed E-state index contributed by atoms with van der Waals surface area (Å²) in [6.07, 6.45) is 2.76. The molecule has 1 saturated carbocycles. The van der Waals surface area contributed by atoms with Crippen molar-refractivity contribution < 1.29 is 9.50 Å². The lowest BCUT2D eigenvalue weighted by molar-refractivity contribution is -0.0106. The zero-order valence-corrected chi connectivity index (χ0v) is 12.5. The van der Waals surface area contributed by atoms with Gasteiger partial charge in [0.2, 0.25) is 0 Å². The molecule has 0 saturated heterocycles. The van der Waals surface area contributed by atoms with Crippen LogP contribution in [0.4, 0.5) is 4.39 Å². The fourth-order valence-corrected chi connectivity index (χ4v) is 3.01. The van der Waals surface area contributed by atoms with Gasteiger partial charge in [0, 0.05) is 16.1 Å². The molecule has 0 radical (unpaired) electrons. The summed E-state index contributed by atoms with van der Waals surface area (Å²) < 4.78 is 14.6. The van der Waals surface area contributed by atoms with Gasteiger partial charge in [-0.05, 0) is 54.7 Å². The third-order valence-corrected chi connectivity index (χ3v) is 5.02. The first-order chi connectivity index (χ1) is 8.48. The summed E-state index contributed by atoms with van der Waals surface area (Å²) >= 11 is 9.05. The van der Waals surface area contributed by atoms with Crippen molar-refractivity contribution in [2.75, 3.05) is 7.05 Å². The van der Waals surface area contributed by atoms with E-state index < -0.39 is 11.4 Å². The maximum atomic E-state index is 14.1. The highest BCUT2D eigenvalue weighted by molar-refractivity contribution is 9.10. The molecule has 0 bridgehead atoms. The molecule has 0 unspecified atom stereocenters. The predicted molar refractivity (Wildman–Crippen MR) is 74.3 cm³/mol. The van der Waals surface area contributed by atoms with Crippen LogP contribution in [0, 0.1) is 5.82 Å². The molecule has 2 rings (SSSR count). The van der Waals surface area contributed by atoms with E-state index in [1.165, 1.54) is 0 Å². The normalized spacial score (nSPS) is 28.4. The summed E-state index contributed by atoms with van der Waals surface area (Å²) in [4.78, 5) is 0. The number of hydrogen-bond acceptors (Lipinski definition) is 2. The largest absolute Gasteiger partial charge is 0.385 e. The molecular weight excluding hydrogens is 321 g/mol. The Labute approximate surface area is 120 Å². The van der Waals surface area contributed by atoms with Crippen molar-refractivity contribution in [2.45, 2.75) is 37.3 Å². The lowest BCUT2D eigenvalue weighted by Gasteiger charge is -2.36. The van der Waals surface area contributed by atoms with Crippen LogP contribution in [0.3, 0.4) is 0 Å². The molecule has 5 heteroatoms. The van der Waals surface area contributed by atoms with Gasteiger partial charge in [-0.25, -0.2) is 4.39 Å². The lowest BCUT2D eigenvalue weighted by Crippen LogP contribution is -2.38. The van der Waals surface area contributed by atoms with Gasteiger partial charge in [-0.15, -0.1) is 0 Å². The van der Waals surface area contributed by atoms with Crippen LogP contribution in [-0.4, -0.2) is 18.2 Å². The molecule has 0 spiro atoms. The van der Waals surface area contributed by atoms with Gasteiger partial charge in [-0.1, -0.05) is 17.7 Å². The molecule has 100 valence electrons. The van der Waals surface area contributed by atoms with E-state index in [4.69, 9.17) is 11.6 Å². The Morgan fingerprint density at radius 2 is 2.06 bits per heavy atom. The van der Waals surface area contributed by atoms with E-state index in [1.807, 2.05) is 7.05 Å². The summed E-state index contributed by atoms with van der Waals surface area (Å²) in [5.74, 6) is -0.517. The monoisotopic (exact) mass is 335 g/mol. The van der Waals surface area contributed by atoms with Gasteiger partial charge < -0.3 is 10.4 Å². The minimum Gasteiger partial charge on any atom is -0.385 e. The fourth-order valence-electron chi connectivity index (χ4n) is 2.54. The van der Waals surface area contributed by atoms with Crippen molar-refractivity contribution in [1.29, 1.82) is 0 Å². The van der Waals surface area contributed by atoms with Gasteiger partial charge >= 0.3 is 0 Å². The van der Waals surface area contributed by atoms with Crippen LogP contribution in [-0.2, 0) is 5.60 Å². The average Bonchev–Trinajstić information content (AvgIpc) is 2.37. The number of benzene rings is 1. The van der Waals surface area contributed by atoms with Crippen LogP contribution in [0.5, 0.6) is 0 Å². The highest BCUT2D eigenvalue weighted by Gasteiger charge is 2.37. The van der Waals surface area contributed by atoms with Crippen LogP contribution in [0.25, 0.3) is 0 Å². The van der Waals surface area contributed by atoms with E-state index in [2.05, 4.69) is 21.2 Å². The van der Waals surface area contributed by atoms with Crippen molar-refractivity contribution in [2.24, 2.45) is 0 Å². The summed E-state index contributed by atoms with van der Waals surface area (Å²) in [5, 5.41) is 13.8. The third kappa shape index (κ3) is 2.57. The molecule has 2 N–H and O–H groups in total. The maximum Gasteiger partial charge on any atom is 0.149 e. The van der Waals surface area contributed by atoms with E-state index in [9.17, 15) is 9.50 Å². The smallest absolute Gasteiger partial charge is 0.149 e. The molecule has 0 heterocycles. The standard InChI is InChI=1S/C13H16BrClFNO/c1-17-8-4-6-13(18,7-5-8)9-2-3-10(14)11(15)12(9)16/h2-3,8,17-18H,4-7H2,1H3. The Morgan fingerprint density at radius 3 is 2.61 bits per heavy atom. The highest BCUT2D eigenvalue weighted by atomic mass is 79.9. The van der Waals surface area contributed by atoms with Crippen molar-refractivity contribution in [3.8, 4) is 0 Å². The van der Waals surface area contributed by atoms with Crippen molar-refractivity contribution in [3.05, 3.63) is 33.0 Å². The molecule has 0 aliphatic heterocycles. The molecule has 0 aromatic heterocycles. The summed E-state index contributed by atoms with van der Waals surface area (Å²) in [6, 6.07) is 3.70. The zero-order valence-electron chi connectivity index (χ0n) is 10.1. The Kier molecular flexibility index (Phi) is 4.32. The lowest BCUT2D eigenvalue weighted by atomic mass is 9.77. The average molecular weight is 337 g/mol. The first-order valence-corrected chi connectivity index (χ1v) is 7.18. The molecule has 1 aliphatic carbocycles. The molecule has 1 aromatic rings. The molecule has 1 aromatic carbocycles. The van der Waals surface area contributed by atoms with Crippen LogP contribution in [0.1, 0.15) is 31.2 Å². The van der Waals surface area contributed by atoms with Crippen LogP contribution in [0.2, 0.25) is 5.02 Å². The van der Waals surface area contributed by atoms with Crippen LogP contribution in [0.15, 0.2) is 16.6 Å². The second kappa shape index (κ2) is 5.45. The molecular formula is C13H16BrClFNO. The maximum absolute atomic E-state index is 14.1. The van der Waals surface area contributed by atoms with E-state index in [1.54, 1.807) is 12.1 Å². The number of nitrogens with one attached hydrogen (secondary N) is 1. The van der Waals surface area contributed by atoms with Crippen molar-refractivity contribution in [1.82, 2.24) is 5.32 Å². The fraction of sp³-hybridized carbons (Fsp3) is 0.538. The van der Waals surface area contributed by atoms with E-state index >= 15 is 0 Å². The van der Waals surface area contributed by atoms with Crippen molar-refractivity contribution in [3.63, 3.8) is 0 Å². The number of halogens is 3. The Hall–Kier alpha value is -0.160. The van der Waals surface area contributed by atoms with Gasteiger partial charge in [0.15, 0.2) is 0 Å². The molecule has 0 atom stereocenters. The predicted octanol–water partition coefficient (Wildman–Crippen LogP) is 3.59. The Morgan fingerprint density at radius 1 is 1.44 bits per heavy atom. The zero-order chi connectivity index (χ0) is 13.3. The first kappa shape index (κ1) is 14.3. The number of aliphatic hydroxyl groups is 1. The third-order valence-electron chi connectivity index (χ3n) is 3.76. The second-order valence-electron chi connectivity index (χ2n) is 4.82. The SMILES string of the molecule is CNC1CCC(O)(c2ccc(Br)c(Cl)c2F)CC1. The van der Waals surface area contributed by atoms with Crippen LogP contribution >= 0.6 is 27.5 Å². The van der Waals surface area contributed by atoms with Gasteiger partial charge in [0.25, 0.3) is 0 Å². The molecule has 1 aliphatic rings. The number of hydrogen-bond donors (Lipinski definition) is 2. The molecule has 18 heavy (non-hydrogen) atoms. The van der Waals surface area contributed by atoms with Gasteiger partial charge in [0.1, 0.15) is 5.82 Å². The second-order valence-corrected chi connectivity index (χ2v) is 6.05. The summed E-state index contributed by atoms with van der Waals surface area (Å²) in [5.41, 5.74) is -0.785. The molecule has 1 fully saturated rings. The minimum absolute atomic E-state index is 0.0386. The van der Waals surface area contributed by atoms with E-state index in [-0.39, 0.29) is 5.02 Å². The highest BCUT2D eigenvalue weighted by Crippen LogP contribution is 2.41. The van der Waals surface area contributed by atoms with E-state index in [0.717, 1.165) is 12.8 Å². The Bertz CT molecular complexity index is 447. The first-order valence-electron chi connectivity index (χ1n) is 6.01. The molecule has 2 nitrogen and oxygen atoms in total. The number of rotatable bonds is 2. The van der Waals surface area contributed by atoms with Crippen molar-refractivity contribution >= 4 is 27.5 Å². The van der Waals surface area contributed by atoms with Gasteiger partial charge in [-0.3, -0.25) is 0 Å². The van der Waals surface area contributed by atoms with E-state index in [0.29, 0.717) is 28.9 Å². The van der Waals surface area contributed by atoms with Gasteiger partial charge in [-0.2, -0.15) is 0 Å².